The zero-order valence-corrected chi connectivity index (χ0v) is 20.8. The summed E-state index contributed by atoms with van der Waals surface area (Å²) in [5, 5.41) is 2.21. The van der Waals surface area contributed by atoms with Crippen molar-refractivity contribution in [2.75, 3.05) is 37.7 Å². The summed E-state index contributed by atoms with van der Waals surface area (Å²) in [6, 6.07) is 8.11. The number of benzene rings is 2. The number of anilines is 1. The van der Waals surface area contributed by atoms with Crippen molar-refractivity contribution in [2.45, 2.75) is 45.4 Å². The molecule has 0 spiro atoms. The van der Waals surface area contributed by atoms with Crippen LogP contribution in [0.25, 0.3) is 0 Å². The van der Waals surface area contributed by atoms with Crippen LogP contribution in [-0.4, -0.2) is 55.6 Å². The summed E-state index contributed by atoms with van der Waals surface area (Å²) >= 11 is 0. The van der Waals surface area contributed by atoms with Crippen LogP contribution in [0, 0.1) is 0 Å². The lowest BCUT2D eigenvalue weighted by atomic mass is 10.00. The Bertz CT molecular complexity index is 1420. The molecule has 1 fully saturated rings. The second-order valence-electron chi connectivity index (χ2n) is 9.62. The van der Waals surface area contributed by atoms with Crippen LogP contribution in [0.3, 0.4) is 0 Å². The fourth-order valence-corrected chi connectivity index (χ4v) is 5.33. The van der Waals surface area contributed by atoms with Gasteiger partial charge in [0.2, 0.25) is 5.36 Å². The van der Waals surface area contributed by atoms with Crippen LogP contribution < -0.4 is 29.7 Å². The van der Waals surface area contributed by atoms with Gasteiger partial charge < -0.3 is 19.2 Å². The number of hydroxylamine groups is 2. The van der Waals surface area contributed by atoms with E-state index in [1.54, 1.807) is 0 Å². The second kappa shape index (κ2) is 9.49. The summed E-state index contributed by atoms with van der Waals surface area (Å²) in [5.41, 5.74) is 3.36. The number of carbonyl (C=O) groups is 3. The maximum absolute atomic E-state index is 12.2. The molecule has 4 heterocycles. The van der Waals surface area contributed by atoms with Gasteiger partial charge in [-0.2, -0.15) is 0 Å². The van der Waals surface area contributed by atoms with Crippen molar-refractivity contribution in [3.63, 3.8) is 0 Å². The van der Waals surface area contributed by atoms with E-state index in [-0.39, 0.29) is 19.3 Å². The smallest absolute Gasteiger partial charge is 0.333 e. The molecular weight excluding hydrogens is 476 g/mol. The topological polar surface area (TPSA) is 101 Å². The van der Waals surface area contributed by atoms with E-state index in [1.165, 1.54) is 11.3 Å². The molecule has 4 aliphatic heterocycles. The lowest BCUT2D eigenvalue weighted by Crippen LogP contribution is -2.41. The van der Waals surface area contributed by atoms with E-state index < -0.39 is 17.8 Å². The fraction of sp³-hybridized carbons (Fsp3) is 0.444. The van der Waals surface area contributed by atoms with Gasteiger partial charge in [-0.05, 0) is 31.4 Å². The Kier molecular flexibility index (Phi) is 6.02. The molecule has 6 rings (SSSR count). The van der Waals surface area contributed by atoms with E-state index in [2.05, 4.69) is 28.5 Å². The number of amides is 2. The van der Waals surface area contributed by atoms with E-state index in [0.717, 1.165) is 53.8 Å². The highest BCUT2D eigenvalue weighted by atomic mass is 16.7. The largest absolute Gasteiger partial charge is 0.480 e. The predicted octanol–water partition coefficient (Wildman–Crippen LogP) is 1.79. The highest BCUT2D eigenvalue weighted by Gasteiger charge is 2.33. The Morgan fingerprint density at radius 1 is 1.08 bits per heavy atom. The molecule has 10 heteroatoms. The van der Waals surface area contributed by atoms with Gasteiger partial charge in [-0.3, -0.25) is 9.59 Å². The molecule has 0 unspecified atom stereocenters. The second-order valence-corrected chi connectivity index (χ2v) is 9.62. The molecule has 10 nitrogen and oxygen atoms in total. The molecule has 0 saturated carbocycles. The molecule has 2 aromatic carbocycles. The number of aryl methyl sites for hydroxylation is 1. The number of hydrogen-bond acceptors (Lipinski definition) is 8. The van der Waals surface area contributed by atoms with Crippen molar-refractivity contribution in [2.24, 2.45) is 4.99 Å². The Morgan fingerprint density at radius 3 is 2.73 bits per heavy atom. The minimum absolute atomic E-state index is 0.0825. The van der Waals surface area contributed by atoms with E-state index >= 15 is 0 Å². The van der Waals surface area contributed by atoms with Crippen LogP contribution in [0.2, 0.25) is 0 Å². The number of nitrogens with zero attached hydrogens (tertiary/aromatic N) is 4. The van der Waals surface area contributed by atoms with Crippen molar-refractivity contribution < 1.29 is 28.7 Å². The zero-order valence-electron chi connectivity index (χ0n) is 20.8. The fourth-order valence-electron chi connectivity index (χ4n) is 5.33. The van der Waals surface area contributed by atoms with E-state index in [1.807, 2.05) is 12.1 Å². The van der Waals surface area contributed by atoms with Gasteiger partial charge in [-0.25, -0.2) is 14.4 Å². The third-order valence-corrected chi connectivity index (χ3v) is 7.23. The highest BCUT2D eigenvalue weighted by Crippen LogP contribution is 2.41. The van der Waals surface area contributed by atoms with Gasteiger partial charge in [0.15, 0.2) is 23.8 Å². The highest BCUT2D eigenvalue weighted by molar-refractivity contribution is 6.01. The number of ether oxygens (including phenoxy) is 2. The molecule has 0 atom stereocenters. The predicted molar refractivity (Wildman–Crippen MR) is 132 cm³/mol. The number of fused-ring (bicyclic) bond motifs is 4. The molecule has 0 bridgehead atoms. The molecule has 0 aromatic heterocycles. The number of carbonyl (C=O) groups excluding carboxylic acids is 3. The lowest BCUT2D eigenvalue weighted by Gasteiger charge is -2.31. The minimum Gasteiger partial charge on any atom is -0.480 e. The summed E-state index contributed by atoms with van der Waals surface area (Å²) in [6.07, 6.45) is 2.94. The summed E-state index contributed by atoms with van der Waals surface area (Å²) in [4.78, 5) is 47.7. The zero-order chi connectivity index (χ0) is 25.5. The molecule has 4 aliphatic rings. The number of rotatable bonds is 6. The van der Waals surface area contributed by atoms with Crippen molar-refractivity contribution in [3.8, 4) is 17.2 Å². The quantitative estimate of drug-likeness (QED) is 0.372. The van der Waals surface area contributed by atoms with Crippen molar-refractivity contribution >= 4 is 29.2 Å². The molecule has 192 valence electrons. The van der Waals surface area contributed by atoms with Gasteiger partial charge in [0.1, 0.15) is 24.2 Å². The molecule has 0 aliphatic carbocycles. The maximum atomic E-state index is 12.2. The molecule has 0 radical (unpaired) electrons. The van der Waals surface area contributed by atoms with Gasteiger partial charge >= 0.3 is 5.97 Å². The molecule has 1 saturated heterocycles. The maximum Gasteiger partial charge on any atom is 0.333 e. The van der Waals surface area contributed by atoms with Crippen LogP contribution in [0.15, 0.2) is 29.3 Å². The summed E-state index contributed by atoms with van der Waals surface area (Å²) in [7, 11) is 0. The molecule has 2 amide bonds. The van der Waals surface area contributed by atoms with Crippen LogP contribution in [0.5, 0.6) is 17.2 Å². The van der Waals surface area contributed by atoms with Crippen molar-refractivity contribution in [3.05, 3.63) is 40.5 Å². The van der Waals surface area contributed by atoms with Gasteiger partial charge in [-0.1, -0.05) is 0 Å². The minimum atomic E-state index is -0.592. The number of hydrogen-bond donors (Lipinski definition) is 0. The third-order valence-electron chi connectivity index (χ3n) is 7.23. The Balaban J connectivity index is 1.22. The average Bonchev–Trinajstić information content (AvgIpc) is 3.21. The molecule has 2 aromatic rings. The Labute approximate surface area is 213 Å². The normalized spacial score (nSPS) is 17.7. The van der Waals surface area contributed by atoms with E-state index in [4.69, 9.17) is 19.3 Å². The third kappa shape index (κ3) is 4.41. The Morgan fingerprint density at radius 2 is 1.92 bits per heavy atom. The lowest BCUT2D eigenvalue weighted by molar-refractivity contribution is -0.197. The molecule has 37 heavy (non-hydrogen) atoms. The van der Waals surface area contributed by atoms with Crippen LogP contribution in [0.1, 0.15) is 44.6 Å². The van der Waals surface area contributed by atoms with Gasteiger partial charge in [-0.15, -0.1) is 5.06 Å². The van der Waals surface area contributed by atoms with Crippen molar-refractivity contribution in [1.29, 1.82) is 0 Å². The number of imide groups is 1. The molecule has 0 N–H and O–H groups in total. The van der Waals surface area contributed by atoms with Crippen LogP contribution >= 0.6 is 0 Å². The van der Waals surface area contributed by atoms with Gasteiger partial charge in [0.25, 0.3) is 11.8 Å². The molecular formula is C27H29N4O6+. The SMILES string of the molecule is CCN1CCCc2cc3c(cc21)Oc1cc2c(cc1=N3)OCC[N+]=2CCCC(=O)ON1C(=O)CCC1=O. The Hall–Kier alpha value is -3.95. The first-order chi connectivity index (χ1) is 18.0. The van der Waals surface area contributed by atoms with Crippen molar-refractivity contribution in [1.82, 2.24) is 9.64 Å². The van der Waals surface area contributed by atoms with E-state index in [9.17, 15) is 14.4 Å². The van der Waals surface area contributed by atoms with Crippen LogP contribution in [-0.2, 0) is 25.6 Å². The van der Waals surface area contributed by atoms with E-state index in [0.29, 0.717) is 36.9 Å². The first-order valence-electron chi connectivity index (χ1n) is 12.9. The summed E-state index contributed by atoms with van der Waals surface area (Å²) in [5.74, 6) is 0.618. The summed E-state index contributed by atoms with van der Waals surface area (Å²) in [6.45, 7) is 5.94. The summed E-state index contributed by atoms with van der Waals surface area (Å²) < 4.78 is 14.4. The van der Waals surface area contributed by atoms with Gasteiger partial charge in [0.05, 0.1) is 12.5 Å². The average molecular weight is 506 g/mol. The first kappa shape index (κ1) is 23.4. The standard InChI is InChI=1S/C27H29N4O6/c1-2-29-9-3-5-17-13-18-22(15-20(17)29)36-23-16-21-24(14-19(23)28-18)35-12-11-30(21)10-4-6-27(34)37-31-25(32)7-8-26(31)33/h13-16H,2-12H2,1H3/q+1. The monoisotopic (exact) mass is 505 g/mol. The first-order valence-corrected chi connectivity index (χ1v) is 12.9. The van der Waals surface area contributed by atoms with Gasteiger partial charge in [0, 0.05) is 50.2 Å². The van der Waals surface area contributed by atoms with Crippen LogP contribution in [0.4, 0.5) is 11.4 Å².